The van der Waals surface area contributed by atoms with Gasteiger partial charge in [-0.1, -0.05) is 18.2 Å². The van der Waals surface area contributed by atoms with Gasteiger partial charge in [0.1, 0.15) is 17.9 Å². The molecule has 10 nitrogen and oxygen atoms in total. The van der Waals surface area contributed by atoms with Crippen molar-refractivity contribution in [3.05, 3.63) is 30.1 Å². The summed E-state index contributed by atoms with van der Waals surface area (Å²) in [5.74, 6) is 0.555. The minimum atomic E-state index is -0.998. The standard InChI is InChI=1S/C25H36N6O4/c1-6-35-15-19-28-22-23(31(19)16-25(2,3)34)17-9-7-8-10-18(17)27-24(22)29-20(32)11-12-21(33)30(5)14-13-26-4/h7-10,26,34H,6,11-16H2,1-5H3,(H,27,29,32). The number of aliphatic hydroxyl groups is 1. The van der Waals surface area contributed by atoms with Crippen LogP contribution in [0.1, 0.15) is 39.4 Å². The van der Waals surface area contributed by atoms with E-state index in [0.29, 0.717) is 48.9 Å². The number of anilines is 1. The molecular weight excluding hydrogens is 448 g/mol. The number of para-hydroxylation sites is 1. The number of benzene rings is 1. The molecule has 2 heterocycles. The van der Waals surface area contributed by atoms with Crippen LogP contribution in [0.15, 0.2) is 24.3 Å². The van der Waals surface area contributed by atoms with Crippen LogP contribution in [-0.4, -0.2) is 75.7 Å². The molecule has 1 aromatic carbocycles. The summed E-state index contributed by atoms with van der Waals surface area (Å²) in [5.41, 5.74) is 0.985. The molecule has 0 unspecified atom stereocenters. The van der Waals surface area contributed by atoms with E-state index in [9.17, 15) is 14.7 Å². The first-order chi connectivity index (χ1) is 16.6. The molecule has 0 spiro atoms. The summed E-state index contributed by atoms with van der Waals surface area (Å²) in [6.45, 7) is 7.71. The predicted molar refractivity (Wildman–Crippen MR) is 136 cm³/mol. The van der Waals surface area contributed by atoms with Crippen LogP contribution in [0.5, 0.6) is 0 Å². The van der Waals surface area contributed by atoms with Crippen LogP contribution in [0.4, 0.5) is 5.82 Å². The van der Waals surface area contributed by atoms with Gasteiger partial charge in [0.05, 0.1) is 23.2 Å². The molecule has 0 bridgehead atoms. The molecule has 0 aliphatic rings. The maximum atomic E-state index is 12.8. The number of imidazole rings is 1. The number of pyridine rings is 1. The Kier molecular flexibility index (Phi) is 8.76. The zero-order valence-corrected chi connectivity index (χ0v) is 21.2. The third-order valence-corrected chi connectivity index (χ3v) is 5.59. The Morgan fingerprint density at radius 3 is 2.63 bits per heavy atom. The van der Waals surface area contributed by atoms with E-state index in [0.717, 1.165) is 10.9 Å². The van der Waals surface area contributed by atoms with Crippen molar-refractivity contribution in [1.29, 1.82) is 0 Å². The third kappa shape index (κ3) is 6.74. The molecule has 10 heteroatoms. The lowest BCUT2D eigenvalue weighted by atomic mass is 10.1. The van der Waals surface area contributed by atoms with E-state index in [1.54, 1.807) is 25.8 Å². The number of hydrogen-bond donors (Lipinski definition) is 3. The molecule has 0 saturated heterocycles. The summed E-state index contributed by atoms with van der Waals surface area (Å²) in [4.78, 5) is 36.1. The number of ether oxygens (including phenoxy) is 1. The number of aromatic nitrogens is 3. The van der Waals surface area contributed by atoms with E-state index >= 15 is 0 Å². The van der Waals surface area contributed by atoms with Gasteiger partial charge in [-0.2, -0.15) is 0 Å². The Morgan fingerprint density at radius 2 is 1.94 bits per heavy atom. The maximum absolute atomic E-state index is 12.8. The van der Waals surface area contributed by atoms with Crippen molar-refractivity contribution in [1.82, 2.24) is 24.8 Å². The minimum absolute atomic E-state index is 0.0366. The lowest BCUT2D eigenvalue weighted by molar-refractivity contribution is -0.131. The van der Waals surface area contributed by atoms with Crippen LogP contribution in [-0.2, 0) is 27.5 Å². The smallest absolute Gasteiger partial charge is 0.226 e. The van der Waals surface area contributed by atoms with Crippen molar-refractivity contribution < 1.29 is 19.4 Å². The molecule has 2 amide bonds. The molecule has 35 heavy (non-hydrogen) atoms. The molecule has 0 radical (unpaired) electrons. The maximum Gasteiger partial charge on any atom is 0.226 e. The molecular formula is C25H36N6O4. The molecule has 3 aromatic rings. The number of nitrogens with one attached hydrogen (secondary N) is 2. The molecule has 0 aliphatic heterocycles. The lowest BCUT2D eigenvalue weighted by Crippen LogP contribution is -2.33. The topological polar surface area (TPSA) is 122 Å². The Bertz CT molecular complexity index is 1180. The molecule has 190 valence electrons. The second kappa shape index (κ2) is 11.6. The first-order valence-electron chi connectivity index (χ1n) is 11.9. The SMILES string of the molecule is CCOCc1nc2c(NC(=O)CCC(=O)N(C)CCNC)nc3ccccc3c2n1CC(C)(C)O. The van der Waals surface area contributed by atoms with Crippen LogP contribution in [0.25, 0.3) is 21.9 Å². The van der Waals surface area contributed by atoms with Gasteiger partial charge in [0.2, 0.25) is 11.8 Å². The predicted octanol–water partition coefficient (Wildman–Crippen LogP) is 2.29. The Morgan fingerprint density at radius 1 is 1.20 bits per heavy atom. The molecule has 0 atom stereocenters. The largest absolute Gasteiger partial charge is 0.389 e. The van der Waals surface area contributed by atoms with Crippen molar-refractivity contribution in [2.75, 3.05) is 39.1 Å². The number of hydrogen-bond acceptors (Lipinski definition) is 7. The van der Waals surface area contributed by atoms with Gasteiger partial charge >= 0.3 is 0 Å². The summed E-state index contributed by atoms with van der Waals surface area (Å²) >= 11 is 0. The number of fused-ring (bicyclic) bond motifs is 3. The average molecular weight is 485 g/mol. The number of amides is 2. The van der Waals surface area contributed by atoms with Gasteiger partial charge < -0.3 is 29.9 Å². The molecule has 3 rings (SSSR count). The van der Waals surface area contributed by atoms with E-state index in [2.05, 4.69) is 15.6 Å². The van der Waals surface area contributed by atoms with Crippen LogP contribution < -0.4 is 10.6 Å². The highest BCUT2D eigenvalue weighted by molar-refractivity contribution is 6.09. The van der Waals surface area contributed by atoms with Crippen molar-refractivity contribution in [3.63, 3.8) is 0 Å². The van der Waals surface area contributed by atoms with Gasteiger partial charge in [-0.3, -0.25) is 9.59 Å². The number of carbonyl (C=O) groups excluding carboxylic acids is 2. The van der Waals surface area contributed by atoms with Crippen LogP contribution >= 0.6 is 0 Å². The summed E-state index contributed by atoms with van der Waals surface area (Å²) in [5, 5.41) is 17.3. The highest BCUT2D eigenvalue weighted by Gasteiger charge is 2.24. The fourth-order valence-corrected chi connectivity index (χ4v) is 3.84. The summed E-state index contributed by atoms with van der Waals surface area (Å²) in [7, 11) is 3.55. The summed E-state index contributed by atoms with van der Waals surface area (Å²) in [6, 6.07) is 7.61. The van der Waals surface area contributed by atoms with Crippen molar-refractivity contribution in [2.24, 2.45) is 0 Å². The highest BCUT2D eigenvalue weighted by atomic mass is 16.5. The second-order valence-corrected chi connectivity index (χ2v) is 9.21. The number of carbonyl (C=O) groups is 2. The first-order valence-corrected chi connectivity index (χ1v) is 11.9. The van der Waals surface area contributed by atoms with Crippen LogP contribution in [0.3, 0.4) is 0 Å². The monoisotopic (exact) mass is 484 g/mol. The van der Waals surface area contributed by atoms with E-state index in [-0.39, 0.29) is 31.3 Å². The van der Waals surface area contributed by atoms with Gasteiger partial charge in [0, 0.05) is 45.0 Å². The Labute approximate surface area is 205 Å². The quantitative estimate of drug-likeness (QED) is 0.361. The first kappa shape index (κ1) is 26.5. The Hall–Kier alpha value is -3.08. The molecule has 2 aromatic heterocycles. The minimum Gasteiger partial charge on any atom is -0.389 e. The van der Waals surface area contributed by atoms with E-state index < -0.39 is 5.60 Å². The second-order valence-electron chi connectivity index (χ2n) is 9.21. The molecule has 3 N–H and O–H groups in total. The van der Waals surface area contributed by atoms with Crippen LogP contribution in [0.2, 0.25) is 0 Å². The zero-order chi connectivity index (χ0) is 25.6. The van der Waals surface area contributed by atoms with Crippen LogP contribution in [0, 0.1) is 0 Å². The highest BCUT2D eigenvalue weighted by Crippen LogP contribution is 2.31. The Balaban J connectivity index is 1.96. The average Bonchev–Trinajstić information content (AvgIpc) is 3.16. The van der Waals surface area contributed by atoms with E-state index in [1.165, 1.54) is 0 Å². The number of nitrogens with zero attached hydrogens (tertiary/aromatic N) is 4. The van der Waals surface area contributed by atoms with Gasteiger partial charge in [0.25, 0.3) is 0 Å². The number of rotatable bonds is 12. The van der Waals surface area contributed by atoms with E-state index in [1.807, 2.05) is 42.8 Å². The normalized spacial score (nSPS) is 11.8. The van der Waals surface area contributed by atoms with E-state index in [4.69, 9.17) is 9.72 Å². The van der Waals surface area contributed by atoms with Gasteiger partial charge in [0.15, 0.2) is 5.82 Å². The fourth-order valence-electron chi connectivity index (χ4n) is 3.84. The molecule has 0 aliphatic carbocycles. The number of likely N-dealkylation sites (N-methyl/N-ethyl adjacent to an activating group) is 2. The van der Waals surface area contributed by atoms with Crippen molar-refractivity contribution in [3.8, 4) is 0 Å². The lowest BCUT2D eigenvalue weighted by Gasteiger charge is -2.20. The zero-order valence-electron chi connectivity index (χ0n) is 21.2. The van der Waals surface area contributed by atoms with Crippen molar-refractivity contribution >= 4 is 39.6 Å². The summed E-state index contributed by atoms with van der Waals surface area (Å²) in [6.07, 6.45) is 0.139. The van der Waals surface area contributed by atoms with Gasteiger partial charge in [-0.05, 0) is 33.9 Å². The van der Waals surface area contributed by atoms with Crippen molar-refractivity contribution in [2.45, 2.75) is 52.4 Å². The molecule has 0 fully saturated rings. The third-order valence-electron chi connectivity index (χ3n) is 5.59. The van der Waals surface area contributed by atoms with Gasteiger partial charge in [-0.25, -0.2) is 9.97 Å². The van der Waals surface area contributed by atoms with Gasteiger partial charge in [-0.15, -0.1) is 0 Å². The molecule has 0 saturated carbocycles. The summed E-state index contributed by atoms with van der Waals surface area (Å²) < 4.78 is 7.57. The fraction of sp³-hybridized carbons (Fsp3) is 0.520.